The molecule has 4 heterocycles. The largest absolute Gasteiger partial charge is 0.495 e. The van der Waals surface area contributed by atoms with E-state index in [1.54, 1.807) is 18.2 Å². The molecule has 14 nitrogen and oxygen atoms in total. The zero-order chi connectivity index (χ0) is 46.8. The van der Waals surface area contributed by atoms with Crippen LogP contribution in [0.4, 0.5) is 18.7 Å². The summed E-state index contributed by atoms with van der Waals surface area (Å²) in [6.45, 7) is 9.73. The summed E-state index contributed by atoms with van der Waals surface area (Å²) in [4.78, 5) is 65.7. The molecule has 6 atom stereocenters. The molecule has 2 aromatic heterocycles. The van der Waals surface area contributed by atoms with Gasteiger partial charge in [0.2, 0.25) is 19.2 Å². The van der Waals surface area contributed by atoms with Crippen LogP contribution in [0.2, 0.25) is 5.02 Å². The lowest BCUT2D eigenvalue weighted by atomic mass is 9.99. The molecule has 4 aromatic rings. The number of nitrogens with one attached hydrogen (secondary N) is 3. The summed E-state index contributed by atoms with van der Waals surface area (Å²) in [6, 6.07) is 6.21. The second-order valence-electron chi connectivity index (χ2n) is 18.9. The summed E-state index contributed by atoms with van der Waals surface area (Å²) < 4.78 is 62.2. The molecule has 2 aromatic carbocycles. The Hall–Kier alpha value is -4.57. The number of carbonyl (C=O) groups is 3. The van der Waals surface area contributed by atoms with Crippen molar-refractivity contribution < 1.29 is 46.8 Å². The van der Waals surface area contributed by atoms with Crippen LogP contribution >= 0.6 is 30.3 Å². The van der Waals surface area contributed by atoms with Gasteiger partial charge in [0.15, 0.2) is 5.13 Å². The molecular weight excluding hydrogens is 901 g/mol. The number of ether oxygens (including phenoxy) is 3. The van der Waals surface area contributed by atoms with Gasteiger partial charge in [0, 0.05) is 34.9 Å². The number of rotatable bonds is 11. The smallest absolute Gasteiger partial charge is 0.407 e. The zero-order valence-electron chi connectivity index (χ0n) is 37.5. The van der Waals surface area contributed by atoms with Crippen LogP contribution in [-0.4, -0.2) is 87.4 Å². The van der Waals surface area contributed by atoms with Crippen LogP contribution in [0, 0.1) is 23.0 Å². The Bertz CT molecular complexity index is 2450. The minimum absolute atomic E-state index is 0.0562. The maximum absolute atomic E-state index is 15.0. The molecule has 3 amide bonds. The molecule has 2 saturated heterocycles. The number of carbonyl (C=O) groups excluding carboxylic acids is 3. The highest BCUT2D eigenvalue weighted by Crippen LogP contribution is 2.71. The number of aromatic nitrogens is 2. The normalized spacial score (nSPS) is 24.0. The maximum atomic E-state index is 15.0. The van der Waals surface area contributed by atoms with E-state index in [2.05, 4.69) is 16.0 Å². The lowest BCUT2D eigenvalue weighted by Gasteiger charge is -2.31. The van der Waals surface area contributed by atoms with Crippen LogP contribution in [0.25, 0.3) is 22.3 Å². The van der Waals surface area contributed by atoms with E-state index in [-0.39, 0.29) is 48.9 Å². The lowest BCUT2D eigenvalue weighted by Crippen LogP contribution is -2.55. The SMILES string of the molecule is COc1ccc2c(O[C@@H]3C[C@H]4C(=O)N[C@]5(P(=O)(O)Cc6c(F)cccc6F)C[C@@H]5CCCCCCC[C@H](NC(=O)OCC(C)(C)C)C(=O)N4C3)cc(-c3csc(NC(C)C)n3)nc2c1Cl. The first-order chi connectivity index (χ1) is 30.8. The number of nitrogens with zero attached hydrogens (tertiary/aromatic N) is 3. The van der Waals surface area contributed by atoms with Crippen molar-refractivity contribution in [3.05, 3.63) is 64.0 Å². The molecule has 0 bridgehead atoms. The van der Waals surface area contributed by atoms with E-state index >= 15 is 0 Å². The fourth-order valence-electron chi connectivity index (χ4n) is 8.71. The van der Waals surface area contributed by atoms with Crippen LogP contribution in [0.1, 0.15) is 98.0 Å². The van der Waals surface area contributed by atoms with E-state index in [9.17, 15) is 32.6 Å². The molecule has 19 heteroatoms. The van der Waals surface area contributed by atoms with Gasteiger partial charge in [0.1, 0.15) is 57.3 Å². The summed E-state index contributed by atoms with van der Waals surface area (Å²) in [6.07, 6.45) is 2.02. The number of halogens is 3. The predicted octanol–water partition coefficient (Wildman–Crippen LogP) is 9.66. The van der Waals surface area contributed by atoms with E-state index in [0.717, 1.165) is 31.4 Å². The van der Waals surface area contributed by atoms with Gasteiger partial charge < -0.3 is 40.0 Å². The standard InChI is InChI=1S/C46H58ClF2N6O8PS/c1-26(2)50-43-52-35(24-65-43)34-20-38(29-17-18-37(61-6)39(47)40(29)51-34)63-28-19-36-41(56)54-46(64(59,60)23-30-31(48)14-12-15-32(30)49)21-27(46)13-10-8-7-9-11-16-33(42(57)55(36)22-28)53-44(58)62-25-45(3,4)5/h12,14-15,17-18,20,24,26-28,33,36H,7-11,13,16,19,21-23,25H2,1-6H3,(H,50,52)(H,53,58)(H,54,56)(H,59,60)/t27-,28+,33-,36-,46-/m0/s1. The average molecular weight is 959 g/mol. The molecule has 2 aliphatic heterocycles. The molecule has 4 N–H and O–H groups in total. The second kappa shape index (κ2) is 19.7. The number of anilines is 1. The van der Waals surface area contributed by atoms with Crippen molar-refractivity contribution in [2.24, 2.45) is 11.3 Å². The number of benzene rings is 2. The molecule has 0 radical (unpaired) electrons. The number of hydrogen-bond acceptors (Lipinski definition) is 11. The van der Waals surface area contributed by atoms with Gasteiger partial charge in [0.05, 0.1) is 37.6 Å². The van der Waals surface area contributed by atoms with Crippen molar-refractivity contribution in [3.8, 4) is 22.9 Å². The van der Waals surface area contributed by atoms with Gasteiger partial charge >= 0.3 is 6.09 Å². The fraction of sp³-hybridized carbons (Fsp3) is 0.543. The Balaban J connectivity index is 1.25. The van der Waals surface area contributed by atoms with Gasteiger partial charge in [-0.3, -0.25) is 14.2 Å². The molecule has 352 valence electrons. The molecule has 1 saturated carbocycles. The van der Waals surface area contributed by atoms with E-state index in [4.69, 9.17) is 35.8 Å². The van der Waals surface area contributed by atoms with E-state index in [0.29, 0.717) is 58.2 Å². The molecule has 65 heavy (non-hydrogen) atoms. The monoisotopic (exact) mass is 958 g/mol. The van der Waals surface area contributed by atoms with E-state index in [1.165, 1.54) is 29.4 Å². The Kier molecular flexibility index (Phi) is 14.7. The van der Waals surface area contributed by atoms with Crippen molar-refractivity contribution >= 4 is 64.2 Å². The molecular formula is C46H58ClF2N6O8PS. The topological polar surface area (TPSA) is 181 Å². The van der Waals surface area contributed by atoms with Gasteiger partial charge in [-0.25, -0.2) is 23.5 Å². The average Bonchev–Trinajstić information content (AvgIpc) is 3.51. The quantitative estimate of drug-likeness (QED) is 0.105. The van der Waals surface area contributed by atoms with E-state index < -0.39 is 78.0 Å². The molecule has 3 fully saturated rings. The summed E-state index contributed by atoms with van der Waals surface area (Å²) in [5, 5.41) is 10.6. The minimum Gasteiger partial charge on any atom is -0.495 e. The van der Waals surface area contributed by atoms with Crippen molar-refractivity contribution in [3.63, 3.8) is 0 Å². The third-order valence-corrected chi connectivity index (χ3v) is 15.9. The van der Waals surface area contributed by atoms with Crippen molar-refractivity contribution in [1.82, 2.24) is 25.5 Å². The molecule has 0 spiro atoms. The third kappa shape index (κ3) is 11.0. The van der Waals surface area contributed by atoms with Crippen molar-refractivity contribution in [2.45, 2.75) is 128 Å². The number of hydrogen-bond donors (Lipinski definition) is 4. The second-order valence-corrected chi connectivity index (χ2v) is 22.6. The molecule has 7 rings (SSSR count). The van der Waals surface area contributed by atoms with Crippen LogP contribution in [0.5, 0.6) is 11.5 Å². The Morgan fingerprint density at radius 3 is 2.46 bits per heavy atom. The van der Waals surface area contributed by atoms with Gasteiger partial charge in [-0.15, -0.1) is 11.3 Å². The lowest BCUT2D eigenvalue weighted by molar-refractivity contribution is -0.140. The highest BCUT2D eigenvalue weighted by atomic mass is 35.5. The molecule has 1 aliphatic carbocycles. The summed E-state index contributed by atoms with van der Waals surface area (Å²) in [5.41, 5.74) is 0.496. The number of thiazole rings is 1. The first-order valence-corrected chi connectivity index (χ1v) is 25.3. The summed E-state index contributed by atoms with van der Waals surface area (Å²) >= 11 is 8.27. The Morgan fingerprint density at radius 2 is 1.77 bits per heavy atom. The Labute approximate surface area is 387 Å². The van der Waals surface area contributed by atoms with Crippen LogP contribution in [-0.2, 0) is 25.1 Å². The zero-order valence-corrected chi connectivity index (χ0v) is 40.0. The van der Waals surface area contributed by atoms with Gasteiger partial charge in [-0.2, -0.15) is 0 Å². The first-order valence-electron chi connectivity index (χ1n) is 22.2. The number of methoxy groups -OCH3 is 1. The number of amides is 3. The highest BCUT2D eigenvalue weighted by molar-refractivity contribution is 7.59. The Morgan fingerprint density at radius 1 is 1.06 bits per heavy atom. The van der Waals surface area contributed by atoms with Gasteiger partial charge in [0.25, 0.3) is 0 Å². The molecule has 1 unspecified atom stereocenters. The van der Waals surface area contributed by atoms with Crippen LogP contribution in [0.3, 0.4) is 0 Å². The summed E-state index contributed by atoms with van der Waals surface area (Å²) in [5.74, 6) is -2.92. The van der Waals surface area contributed by atoms with Crippen LogP contribution < -0.4 is 25.4 Å². The highest BCUT2D eigenvalue weighted by Gasteiger charge is 2.66. The molecule has 3 aliphatic rings. The van der Waals surface area contributed by atoms with Gasteiger partial charge in [-0.05, 0) is 68.7 Å². The minimum atomic E-state index is -4.57. The number of pyridine rings is 1. The first kappa shape index (κ1) is 48.4. The number of fused-ring (bicyclic) bond motifs is 3. The van der Waals surface area contributed by atoms with Crippen LogP contribution in [0.15, 0.2) is 41.8 Å². The summed E-state index contributed by atoms with van der Waals surface area (Å²) in [7, 11) is -3.07. The predicted molar refractivity (Wildman–Crippen MR) is 247 cm³/mol. The van der Waals surface area contributed by atoms with Crippen molar-refractivity contribution in [1.29, 1.82) is 0 Å². The van der Waals surface area contributed by atoms with E-state index in [1.807, 2.05) is 40.0 Å². The van der Waals surface area contributed by atoms with Gasteiger partial charge in [-0.1, -0.05) is 70.5 Å². The maximum Gasteiger partial charge on any atom is 0.407 e. The third-order valence-electron chi connectivity index (χ3n) is 12.1. The number of alkyl carbamates (subject to hydrolysis) is 1. The van der Waals surface area contributed by atoms with Crippen molar-refractivity contribution in [2.75, 3.05) is 25.6 Å². The fourth-order valence-corrected chi connectivity index (χ4v) is 12.3.